The van der Waals surface area contributed by atoms with Crippen LogP contribution in [0, 0.1) is 11.3 Å². The SMILES string of the molecule is CC1(C)CCC(CN2CCN(c3ccc(C(=O)NS(=O)(=O)c4ccc(NCC5CCCCC5)c(N(O)O)c4)c(Oc4cnc5[nH]ccc5c4)c3)CC2)=C[C@H](c2ccc(Cl)cc2)C1. The van der Waals surface area contributed by atoms with Crippen molar-refractivity contribution in [2.75, 3.05) is 54.7 Å². The summed E-state index contributed by atoms with van der Waals surface area (Å²) < 4.78 is 36.0. The van der Waals surface area contributed by atoms with Crippen LogP contribution in [0.25, 0.3) is 11.0 Å². The van der Waals surface area contributed by atoms with E-state index in [1.165, 1.54) is 29.7 Å². The van der Waals surface area contributed by atoms with Crippen molar-refractivity contribution in [1.82, 2.24) is 19.6 Å². The predicted molar refractivity (Wildman–Crippen MR) is 243 cm³/mol. The monoisotopic (exact) mass is 881 g/mol. The minimum absolute atomic E-state index is 0.000489. The first kappa shape index (κ1) is 43.5. The number of rotatable bonds is 13. The van der Waals surface area contributed by atoms with E-state index in [0.29, 0.717) is 35.5 Å². The summed E-state index contributed by atoms with van der Waals surface area (Å²) in [5.41, 5.74) is 4.69. The van der Waals surface area contributed by atoms with Crippen molar-refractivity contribution in [2.45, 2.75) is 76.0 Å². The van der Waals surface area contributed by atoms with Gasteiger partial charge in [-0.05, 0) is 104 Å². The highest BCUT2D eigenvalue weighted by Gasteiger charge is 2.29. The van der Waals surface area contributed by atoms with Gasteiger partial charge in [-0.2, -0.15) is 0 Å². The summed E-state index contributed by atoms with van der Waals surface area (Å²) in [5.74, 6) is 0.402. The van der Waals surface area contributed by atoms with Crippen LogP contribution in [0.4, 0.5) is 17.1 Å². The molecule has 1 atom stereocenters. The quantitative estimate of drug-likeness (QED) is 0.0565. The van der Waals surface area contributed by atoms with E-state index >= 15 is 0 Å². The Bertz CT molecular complexity index is 2510. The van der Waals surface area contributed by atoms with Crippen molar-refractivity contribution in [2.24, 2.45) is 11.3 Å². The third kappa shape index (κ3) is 10.6. The molecule has 0 unspecified atom stereocenters. The molecule has 3 heterocycles. The number of nitrogens with zero attached hydrogens (tertiary/aromatic N) is 4. The summed E-state index contributed by atoms with van der Waals surface area (Å²) >= 11 is 6.23. The van der Waals surface area contributed by atoms with Crippen molar-refractivity contribution in [3.8, 4) is 11.5 Å². The van der Waals surface area contributed by atoms with E-state index in [0.717, 1.165) is 99.8 Å². The van der Waals surface area contributed by atoms with Gasteiger partial charge in [-0.25, -0.2) is 18.1 Å². The van der Waals surface area contributed by atoms with Crippen molar-refractivity contribution in [3.63, 3.8) is 0 Å². The zero-order valence-electron chi connectivity index (χ0n) is 35.3. The zero-order valence-corrected chi connectivity index (χ0v) is 36.9. The zero-order chi connectivity index (χ0) is 43.4. The minimum atomic E-state index is -4.48. The molecule has 0 spiro atoms. The van der Waals surface area contributed by atoms with Crippen LogP contribution < -0.4 is 24.9 Å². The normalized spacial score (nSPS) is 18.8. The fourth-order valence-corrected chi connectivity index (χ4v) is 10.2. The lowest BCUT2D eigenvalue weighted by molar-refractivity contribution is 0.0294. The molecule has 8 rings (SSSR count). The van der Waals surface area contributed by atoms with Crippen LogP contribution in [0.15, 0.2) is 102 Å². The number of allylic oxidation sites excluding steroid dienone is 1. The molecular formula is C47H56ClN7O6S. The van der Waals surface area contributed by atoms with E-state index in [1.54, 1.807) is 30.6 Å². The summed E-state index contributed by atoms with van der Waals surface area (Å²) in [5, 5.41) is 24.8. The molecule has 15 heteroatoms. The molecule has 3 aliphatic rings. The third-order valence-corrected chi connectivity index (χ3v) is 14.2. The number of ether oxygens (including phenoxy) is 1. The van der Waals surface area contributed by atoms with Gasteiger partial charge in [0.25, 0.3) is 15.9 Å². The fraction of sp³-hybridized carbons (Fsp3) is 0.404. The van der Waals surface area contributed by atoms with E-state index in [-0.39, 0.29) is 32.5 Å². The second-order valence-corrected chi connectivity index (χ2v) is 19.9. The van der Waals surface area contributed by atoms with E-state index < -0.39 is 15.9 Å². The molecule has 62 heavy (non-hydrogen) atoms. The average molecular weight is 883 g/mol. The van der Waals surface area contributed by atoms with Gasteiger partial charge in [0.05, 0.1) is 22.3 Å². The molecule has 13 nitrogen and oxygen atoms in total. The van der Waals surface area contributed by atoms with E-state index in [1.807, 2.05) is 24.3 Å². The lowest BCUT2D eigenvalue weighted by atomic mass is 9.79. The first-order valence-electron chi connectivity index (χ1n) is 21.6. The molecule has 5 aromatic rings. The van der Waals surface area contributed by atoms with Gasteiger partial charge < -0.3 is 19.9 Å². The Morgan fingerprint density at radius 1 is 0.984 bits per heavy atom. The van der Waals surface area contributed by atoms with Crippen LogP contribution in [-0.4, -0.2) is 78.9 Å². The molecule has 1 saturated heterocycles. The number of benzene rings is 3. The summed E-state index contributed by atoms with van der Waals surface area (Å²) in [4.78, 5) is 25.9. The summed E-state index contributed by atoms with van der Waals surface area (Å²) in [7, 11) is -4.48. The first-order chi connectivity index (χ1) is 29.8. The van der Waals surface area contributed by atoms with E-state index in [4.69, 9.17) is 16.3 Å². The largest absolute Gasteiger partial charge is 0.455 e. The topological polar surface area (TPSA) is 163 Å². The highest BCUT2D eigenvalue weighted by Crippen LogP contribution is 2.41. The number of carbonyl (C=O) groups is 1. The van der Waals surface area contributed by atoms with Crippen LogP contribution in [0.5, 0.6) is 11.5 Å². The lowest BCUT2D eigenvalue weighted by Crippen LogP contribution is -2.47. The molecule has 3 aromatic carbocycles. The first-order valence-corrected chi connectivity index (χ1v) is 23.4. The van der Waals surface area contributed by atoms with Gasteiger partial charge in [-0.3, -0.25) is 20.1 Å². The van der Waals surface area contributed by atoms with Gasteiger partial charge in [0.15, 0.2) is 0 Å². The third-order valence-electron chi connectivity index (χ3n) is 12.6. The highest BCUT2D eigenvalue weighted by molar-refractivity contribution is 7.90. The molecule has 0 bridgehead atoms. The number of amides is 1. The van der Waals surface area contributed by atoms with Crippen molar-refractivity contribution in [3.05, 3.63) is 113 Å². The van der Waals surface area contributed by atoms with Gasteiger partial charge >= 0.3 is 0 Å². The summed E-state index contributed by atoms with van der Waals surface area (Å²) in [6.45, 7) is 9.42. The van der Waals surface area contributed by atoms with Crippen LogP contribution >= 0.6 is 11.6 Å². The number of hydrogen-bond donors (Lipinski definition) is 5. The maximum absolute atomic E-state index is 13.9. The van der Waals surface area contributed by atoms with Crippen LogP contribution in [0.1, 0.15) is 87.1 Å². The Morgan fingerprint density at radius 2 is 1.76 bits per heavy atom. The second-order valence-electron chi connectivity index (χ2n) is 17.8. The fourth-order valence-electron chi connectivity index (χ4n) is 9.09. The van der Waals surface area contributed by atoms with Crippen LogP contribution in [0.3, 0.4) is 0 Å². The number of carbonyl (C=O) groups excluding carboxylic acids is 1. The Kier molecular flexibility index (Phi) is 13.1. The number of H-pyrrole nitrogens is 1. The van der Waals surface area contributed by atoms with Crippen molar-refractivity contribution < 1.29 is 28.4 Å². The Labute approximate surface area is 368 Å². The standard InChI is InChI=1S/C47H56ClN7O6S/c1-47(2)18-16-33(24-36(28-47)34-8-10-37(48)11-9-34)31-53-20-22-54(23-21-53)38-12-14-41(44(26-38)61-39-25-35-17-19-49-45(35)51-30-39)46(56)52-62(59,60)40-13-15-42(43(27-40)55(57)58)50-29-32-6-4-3-5-7-32/h8-15,17,19,24-27,30,32,36,50,57-58H,3-7,16,18,20-23,28-29,31H2,1-2H3,(H,49,51)(H,52,56)/t36-/m0/s1. The van der Waals surface area contributed by atoms with Gasteiger partial charge in [0.1, 0.15) is 22.8 Å². The highest BCUT2D eigenvalue weighted by atomic mass is 35.5. The van der Waals surface area contributed by atoms with Gasteiger partial charge in [-0.15, -0.1) is 5.23 Å². The van der Waals surface area contributed by atoms with Crippen LogP contribution in [0.2, 0.25) is 5.02 Å². The number of sulfonamides is 1. The second kappa shape index (κ2) is 18.7. The molecular weight excluding hydrogens is 826 g/mol. The maximum atomic E-state index is 13.9. The Balaban J connectivity index is 0.985. The van der Waals surface area contributed by atoms with Gasteiger partial charge in [0.2, 0.25) is 0 Å². The maximum Gasteiger partial charge on any atom is 0.268 e. The molecule has 2 aliphatic carbocycles. The Hall–Kier alpha value is -5.12. The van der Waals surface area contributed by atoms with E-state index in [2.05, 4.69) is 61.9 Å². The number of aromatic nitrogens is 2. The smallest absolute Gasteiger partial charge is 0.268 e. The molecule has 1 saturated carbocycles. The summed E-state index contributed by atoms with van der Waals surface area (Å²) in [6, 6.07) is 21.0. The number of aromatic amines is 1. The number of halogens is 1. The molecule has 1 amide bonds. The summed E-state index contributed by atoms with van der Waals surface area (Å²) in [6.07, 6.45) is 14.8. The molecule has 328 valence electrons. The minimum Gasteiger partial charge on any atom is -0.455 e. The molecule has 1 aliphatic heterocycles. The Morgan fingerprint density at radius 3 is 2.52 bits per heavy atom. The predicted octanol–water partition coefficient (Wildman–Crippen LogP) is 9.75. The number of fused-ring (bicyclic) bond motifs is 1. The average Bonchev–Trinajstić information content (AvgIpc) is 3.67. The van der Waals surface area contributed by atoms with Gasteiger partial charge in [-0.1, -0.05) is 68.5 Å². The molecule has 2 fully saturated rings. The number of piperazine rings is 1. The van der Waals surface area contributed by atoms with Crippen LogP contribution in [-0.2, 0) is 10.0 Å². The van der Waals surface area contributed by atoms with Crippen molar-refractivity contribution in [1.29, 1.82) is 0 Å². The number of pyridine rings is 1. The lowest BCUT2D eigenvalue weighted by Gasteiger charge is -2.37. The number of nitrogens with one attached hydrogen (secondary N) is 3. The molecule has 0 radical (unpaired) electrons. The van der Waals surface area contributed by atoms with Gasteiger partial charge in [0, 0.05) is 73.5 Å². The molecule has 2 aromatic heterocycles. The number of anilines is 3. The van der Waals surface area contributed by atoms with E-state index in [9.17, 15) is 23.6 Å². The molecule has 5 N–H and O–H groups in total. The van der Waals surface area contributed by atoms with Crippen molar-refractivity contribution >= 4 is 55.6 Å². The number of hydrogen-bond acceptors (Lipinski definition) is 11.